The first kappa shape index (κ1) is 24.5. The standard InChI is InChI=1S/C29H32N2O4/c32-28-17-16-27(29(33)31-28)24-12-14-26(15-13-24)35-21-23-10-8-22(9-11-23)20-30-18-4-5-19-34-25-6-2-1-3-7-25/h1-3,6-15,27,30H,4-5,16-21H2,(H,31,32,33). The maximum Gasteiger partial charge on any atom is 0.234 e. The Morgan fingerprint density at radius 3 is 2.26 bits per heavy atom. The first-order valence-electron chi connectivity index (χ1n) is 12.2. The van der Waals surface area contributed by atoms with Gasteiger partial charge in [-0.3, -0.25) is 14.9 Å². The van der Waals surface area contributed by atoms with Gasteiger partial charge in [-0.2, -0.15) is 0 Å². The molecule has 0 radical (unpaired) electrons. The average Bonchev–Trinajstić information content (AvgIpc) is 2.89. The highest BCUT2D eigenvalue weighted by atomic mass is 16.5. The van der Waals surface area contributed by atoms with Crippen LogP contribution in [0.5, 0.6) is 11.5 Å². The summed E-state index contributed by atoms with van der Waals surface area (Å²) in [4.78, 5) is 23.4. The van der Waals surface area contributed by atoms with Crippen molar-refractivity contribution < 1.29 is 19.1 Å². The van der Waals surface area contributed by atoms with Crippen LogP contribution in [0.2, 0.25) is 0 Å². The molecule has 1 atom stereocenters. The van der Waals surface area contributed by atoms with Gasteiger partial charge >= 0.3 is 0 Å². The van der Waals surface area contributed by atoms with E-state index in [0.29, 0.717) is 19.4 Å². The van der Waals surface area contributed by atoms with E-state index < -0.39 is 0 Å². The van der Waals surface area contributed by atoms with Gasteiger partial charge in [0.1, 0.15) is 18.1 Å². The van der Waals surface area contributed by atoms with Crippen molar-refractivity contribution in [3.8, 4) is 11.5 Å². The minimum absolute atomic E-state index is 0.197. The van der Waals surface area contributed by atoms with E-state index in [4.69, 9.17) is 9.47 Å². The molecule has 2 N–H and O–H groups in total. The zero-order chi connectivity index (χ0) is 24.3. The lowest BCUT2D eigenvalue weighted by Gasteiger charge is -2.21. The first-order chi connectivity index (χ1) is 17.2. The van der Waals surface area contributed by atoms with Crippen LogP contribution in [0.15, 0.2) is 78.9 Å². The van der Waals surface area contributed by atoms with Gasteiger partial charge in [-0.25, -0.2) is 0 Å². The normalized spacial score (nSPS) is 15.5. The maximum atomic E-state index is 12.0. The van der Waals surface area contributed by atoms with Crippen LogP contribution in [-0.4, -0.2) is 25.0 Å². The van der Waals surface area contributed by atoms with Crippen molar-refractivity contribution in [3.63, 3.8) is 0 Å². The number of ether oxygens (including phenoxy) is 2. The number of para-hydroxylation sites is 1. The molecule has 182 valence electrons. The fourth-order valence-corrected chi connectivity index (χ4v) is 4.02. The fraction of sp³-hybridized carbons (Fsp3) is 0.310. The molecular formula is C29H32N2O4. The number of imide groups is 1. The quantitative estimate of drug-likeness (QED) is 0.294. The van der Waals surface area contributed by atoms with Crippen LogP contribution in [0.4, 0.5) is 0 Å². The summed E-state index contributed by atoms with van der Waals surface area (Å²) in [6.45, 7) is 3.01. The molecule has 4 rings (SSSR count). The van der Waals surface area contributed by atoms with E-state index in [1.165, 1.54) is 5.56 Å². The Hall–Kier alpha value is -3.64. The number of rotatable bonds is 12. The van der Waals surface area contributed by atoms with Gasteiger partial charge in [-0.05, 0) is 66.8 Å². The predicted molar refractivity (Wildman–Crippen MR) is 135 cm³/mol. The SMILES string of the molecule is O=C1CCC(c2ccc(OCc3ccc(CNCCCCOc4ccccc4)cc3)cc2)C(=O)N1. The second kappa shape index (κ2) is 12.7. The van der Waals surface area contributed by atoms with E-state index in [0.717, 1.165) is 55.2 Å². The summed E-state index contributed by atoms with van der Waals surface area (Å²) >= 11 is 0. The van der Waals surface area contributed by atoms with E-state index in [9.17, 15) is 9.59 Å². The molecule has 1 aliphatic heterocycles. The van der Waals surface area contributed by atoms with Crippen molar-refractivity contribution >= 4 is 11.8 Å². The molecule has 1 fully saturated rings. The van der Waals surface area contributed by atoms with Gasteiger partial charge < -0.3 is 14.8 Å². The van der Waals surface area contributed by atoms with E-state index >= 15 is 0 Å². The number of nitrogens with one attached hydrogen (secondary N) is 2. The molecule has 3 aromatic rings. The predicted octanol–water partition coefficient (Wildman–Crippen LogP) is 4.73. The molecule has 0 aromatic heterocycles. The van der Waals surface area contributed by atoms with E-state index in [2.05, 4.69) is 34.9 Å². The number of carbonyl (C=O) groups excluding carboxylic acids is 2. The molecule has 2 amide bonds. The summed E-state index contributed by atoms with van der Waals surface area (Å²) in [7, 11) is 0. The largest absolute Gasteiger partial charge is 0.494 e. The summed E-state index contributed by atoms with van der Waals surface area (Å²) in [6.07, 6.45) is 3.02. The second-order valence-corrected chi connectivity index (χ2v) is 8.72. The molecule has 6 nitrogen and oxygen atoms in total. The number of piperidine rings is 1. The molecule has 6 heteroatoms. The van der Waals surface area contributed by atoms with Crippen molar-refractivity contribution in [3.05, 3.63) is 95.6 Å². The Kier molecular flexibility index (Phi) is 8.90. The Morgan fingerprint density at radius 2 is 1.51 bits per heavy atom. The zero-order valence-corrected chi connectivity index (χ0v) is 19.9. The number of amides is 2. The van der Waals surface area contributed by atoms with Crippen molar-refractivity contribution in [2.24, 2.45) is 0 Å². The minimum Gasteiger partial charge on any atom is -0.494 e. The highest BCUT2D eigenvalue weighted by molar-refractivity contribution is 6.00. The van der Waals surface area contributed by atoms with Gasteiger partial charge in [0, 0.05) is 13.0 Å². The molecule has 1 heterocycles. The summed E-state index contributed by atoms with van der Waals surface area (Å²) in [5.74, 6) is 0.988. The smallest absolute Gasteiger partial charge is 0.234 e. The van der Waals surface area contributed by atoms with Crippen molar-refractivity contribution in [1.29, 1.82) is 0 Å². The van der Waals surface area contributed by atoms with Gasteiger partial charge in [0.15, 0.2) is 0 Å². The molecule has 0 spiro atoms. The van der Waals surface area contributed by atoms with Gasteiger partial charge in [-0.1, -0.05) is 54.6 Å². The Labute approximate surface area is 206 Å². The van der Waals surface area contributed by atoms with Crippen LogP contribution >= 0.6 is 0 Å². The molecule has 35 heavy (non-hydrogen) atoms. The number of hydrogen-bond acceptors (Lipinski definition) is 5. The number of carbonyl (C=O) groups is 2. The second-order valence-electron chi connectivity index (χ2n) is 8.72. The third-order valence-corrected chi connectivity index (χ3v) is 6.04. The summed E-state index contributed by atoms with van der Waals surface area (Å²) in [5, 5.41) is 5.89. The Bertz CT molecular complexity index is 1080. The van der Waals surface area contributed by atoms with Crippen LogP contribution in [0, 0.1) is 0 Å². The molecule has 1 aliphatic rings. The fourth-order valence-electron chi connectivity index (χ4n) is 4.02. The lowest BCUT2D eigenvalue weighted by atomic mass is 9.90. The number of hydrogen-bond donors (Lipinski definition) is 2. The first-order valence-corrected chi connectivity index (χ1v) is 12.2. The summed E-state index contributed by atoms with van der Waals surface area (Å²) in [6, 6.07) is 25.9. The lowest BCUT2D eigenvalue weighted by Crippen LogP contribution is -2.39. The highest BCUT2D eigenvalue weighted by Crippen LogP contribution is 2.26. The number of unbranched alkanes of at least 4 members (excludes halogenated alkanes) is 1. The van der Waals surface area contributed by atoms with Gasteiger partial charge in [0.2, 0.25) is 11.8 Å². The molecule has 3 aromatic carbocycles. The highest BCUT2D eigenvalue weighted by Gasteiger charge is 2.27. The lowest BCUT2D eigenvalue weighted by molar-refractivity contribution is -0.134. The molecule has 1 unspecified atom stereocenters. The van der Waals surface area contributed by atoms with Crippen molar-refractivity contribution in [2.75, 3.05) is 13.2 Å². The Morgan fingerprint density at radius 1 is 0.800 bits per heavy atom. The minimum atomic E-state index is -0.273. The van der Waals surface area contributed by atoms with Crippen LogP contribution in [0.25, 0.3) is 0 Å². The van der Waals surface area contributed by atoms with Gasteiger partial charge in [-0.15, -0.1) is 0 Å². The molecule has 0 aliphatic carbocycles. The summed E-state index contributed by atoms with van der Waals surface area (Å²) < 4.78 is 11.6. The molecule has 0 bridgehead atoms. The van der Waals surface area contributed by atoms with Crippen molar-refractivity contribution in [2.45, 2.75) is 44.8 Å². The van der Waals surface area contributed by atoms with Crippen LogP contribution in [0.3, 0.4) is 0 Å². The van der Waals surface area contributed by atoms with Crippen LogP contribution < -0.4 is 20.1 Å². The van der Waals surface area contributed by atoms with Crippen LogP contribution in [0.1, 0.15) is 48.3 Å². The molecular weight excluding hydrogens is 440 g/mol. The van der Waals surface area contributed by atoms with E-state index in [-0.39, 0.29) is 17.7 Å². The van der Waals surface area contributed by atoms with Crippen LogP contribution in [-0.2, 0) is 22.7 Å². The molecule has 0 saturated carbocycles. The maximum absolute atomic E-state index is 12.0. The van der Waals surface area contributed by atoms with E-state index in [1.54, 1.807) is 0 Å². The topological polar surface area (TPSA) is 76.7 Å². The van der Waals surface area contributed by atoms with Gasteiger partial charge in [0.05, 0.1) is 12.5 Å². The third kappa shape index (κ3) is 7.69. The monoisotopic (exact) mass is 472 g/mol. The zero-order valence-electron chi connectivity index (χ0n) is 19.9. The molecule has 1 saturated heterocycles. The Balaban J connectivity index is 1.12. The summed E-state index contributed by atoms with van der Waals surface area (Å²) in [5.41, 5.74) is 3.24. The average molecular weight is 473 g/mol. The van der Waals surface area contributed by atoms with Crippen molar-refractivity contribution in [1.82, 2.24) is 10.6 Å². The third-order valence-electron chi connectivity index (χ3n) is 6.04. The van der Waals surface area contributed by atoms with Gasteiger partial charge in [0.25, 0.3) is 0 Å². The number of benzene rings is 3. The van der Waals surface area contributed by atoms with E-state index in [1.807, 2.05) is 54.6 Å².